The Morgan fingerprint density at radius 2 is 2.16 bits per heavy atom. The van der Waals surface area contributed by atoms with Crippen molar-refractivity contribution in [3.63, 3.8) is 0 Å². The van der Waals surface area contributed by atoms with Gasteiger partial charge < -0.3 is 10.3 Å². The molecular formula is C14H15F2N3. The first-order valence-electron chi connectivity index (χ1n) is 6.36. The number of nitrogens with zero attached hydrogens (tertiary/aromatic N) is 2. The Morgan fingerprint density at radius 1 is 1.37 bits per heavy atom. The van der Waals surface area contributed by atoms with Crippen LogP contribution in [-0.4, -0.2) is 9.55 Å². The molecular weight excluding hydrogens is 248 g/mol. The standard InChI is InChI=1S/C14H15F2N3/c1-8-4-5-19-12(6-8)18-13(14(19)17)10-7-9(15)2-3-11(10)16/h2-3,7-8H,4-6,17H2,1H3. The molecule has 19 heavy (non-hydrogen) atoms. The number of halogens is 2. The van der Waals surface area contributed by atoms with Crippen molar-refractivity contribution in [3.05, 3.63) is 35.7 Å². The Labute approximate surface area is 110 Å². The summed E-state index contributed by atoms with van der Waals surface area (Å²) in [5.74, 6) is 0.826. The maximum Gasteiger partial charge on any atom is 0.132 e. The van der Waals surface area contributed by atoms with E-state index in [4.69, 9.17) is 5.73 Å². The first kappa shape index (κ1) is 12.1. The number of hydrogen-bond donors (Lipinski definition) is 1. The Hall–Kier alpha value is -1.91. The Balaban J connectivity index is 2.14. The lowest BCUT2D eigenvalue weighted by Gasteiger charge is -2.20. The molecule has 1 unspecified atom stereocenters. The number of imidazole rings is 1. The number of benzene rings is 1. The van der Waals surface area contributed by atoms with Gasteiger partial charge in [0.1, 0.15) is 29.0 Å². The van der Waals surface area contributed by atoms with Gasteiger partial charge in [-0.1, -0.05) is 6.92 Å². The third-order valence-electron chi connectivity index (χ3n) is 3.65. The summed E-state index contributed by atoms with van der Waals surface area (Å²) >= 11 is 0. The third-order valence-corrected chi connectivity index (χ3v) is 3.65. The minimum Gasteiger partial charge on any atom is -0.383 e. The normalized spacial score (nSPS) is 18.4. The number of aromatic nitrogens is 2. The van der Waals surface area contributed by atoms with Gasteiger partial charge in [0.15, 0.2) is 0 Å². The zero-order valence-corrected chi connectivity index (χ0v) is 10.7. The van der Waals surface area contributed by atoms with Crippen LogP contribution in [0.5, 0.6) is 0 Å². The van der Waals surface area contributed by atoms with Gasteiger partial charge in [0.05, 0.1) is 0 Å². The van der Waals surface area contributed by atoms with Crippen LogP contribution in [0.1, 0.15) is 19.2 Å². The first-order chi connectivity index (χ1) is 9.06. The minimum atomic E-state index is -0.503. The highest BCUT2D eigenvalue weighted by Gasteiger charge is 2.23. The highest BCUT2D eigenvalue weighted by molar-refractivity contribution is 5.71. The second kappa shape index (κ2) is 4.33. The van der Waals surface area contributed by atoms with Crippen molar-refractivity contribution in [2.45, 2.75) is 26.3 Å². The summed E-state index contributed by atoms with van der Waals surface area (Å²) in [4.78, 5) is 4.40. The van der Waals surface area contributed by atoms with Crippen LogP contribution in [0.4, 0.5) is 14.6 Å². The second-order valence-electron chi connectivity index (χ2n) is 5.14. The smallest absolute Gasteiger partial charge is 0.132 e. The summed E-state index contributed by atoms with van der Waals surface area (Å²) in [5.41, 5.74) is 6.51. The molecule has 2 heterocycles. The average molecular weight is 263 g/mol. The van der Waals surface area contributed by atoms with Crippen LogP contribution >= 0.6 is 0 Å². The summed E-state index contributed by atoms with van der Waals surface area (Å²) in [5, 5.41) is 0. The largest absolute Gasteiger partial charge is 0.383 e. The summed E-state index contributed by atoms with van der Waals surface area (Å²) in [7, 11) is 0. The van der Waals surface area contributed by atoms with E-state index in [2.05, 4.69) is 11.9 Å². The third kappa shape index (κ3) is 1.99. The molecule has 1 aliphatic heterocycles. The maximum absolute atomic E-state index is 13.8. The molecule has 0 amide bonds. The number of nitrogens with two attached hydrogens (primary N) is 1. The van der Waals surface area contributed by atoms with E-state index in [-0.39, 0.29) is 5.56 Å². The van der Waals surface area contributed by atoms with Crippen molar-refractivity contribution < 1.29 is 8.78 Å². The highest BCUT2D eigenvalue weighted by Crippen LogP contribution is 2.32. The molecule has 1 aliphatic rings. The molecule has 5 heteroatoms. The highest BCUT2D eigenvalue weighted by atomic mass is 19.1. The van der Waals surface area contributed by atoms with Gasteiger partial charge in [-0.2, -0.15) is 0 Å². The maximum atomic E-state index is 13.8. The molecule has 1 aromatic carbocycles. The predicted octanol–water partition coefficient (Wildman–Crippen LogP) is 2.99. The summed E-state index contributed by atoms with van der Waals surface area (Å²) in [6, 6.07) is 3.33. The predicted molar refractivity (Wildman–Crippen MR) is 69.5 cm³/mol. The van der Waals surface area contributed by atoms with Crippen molar-refractivity contribution >= 4 is 5.82 Å². The lowest BCUT2D eigenvalue weighted by atomic mass is 10.0. The molecule has 100 valence electrons. The van der Waals surface area contributed by atoms with Gasteiger partial charge in [-0.3, -0.25) is 0 Å². The van der Waals surface area contributed by atoms with Gasteiger partial charge in [0, 0.05) is 18.5 Å². The molecule has 0 radical (unpaired) electrons. The summed E-state index contributed by atoms with van der Waals surface area (Å²) in [6.07, 6.45) is 1.85. The lowest BCUT2D eigenvalue weighted by Crippen LogP contribution is -2.18. The molecule has 0 saturated carbocycles. The number of fused-ring (bicyclic) bond motifs is 1. The van der Waals surface area contributed by atoms with Gasteiger partial charge in [0.2, 0.25) is 0 Å². The van der Waals surface area contributed by atoms with Gasteiger partial charge in [-0.25, -0.2) is 13.8 Å². The van der Waals surface area contributed by atoms with Crippen LogP contribution in [0.25, 0.3) is 11.3 Å². The lowest BCUT2D eigenvalue weighted by molar-refractivity contribution is 0.412. The van der Waals surface area contributed by atoms with Crippen molar-refractivity contribution in [1.29, 1.82) is 0 Å². The molecule has 1 aromatic heterocycles. The van der Waals surface area contributed by atoms with Gasteiger partial charge in [-0.05, 0) is 30.5 Å². The molecule has 2 aromatic rings. The fraction of sp³-hybridized carbons (Fsp3) is 0.357. The monoisotopic (exact) mass is 263 g/mol. The van der Waals surface area contributed by atoms with Gasteiger partial charge in [0.25, 0.3) is 0 Å². The molecule has 0 aliphatic carbocycles. The second-order valence-corrected chi connectivity index (χ2v) is 5.14. The molecule has 0 saturated heterocycles. The average Bonchev–Trinajstić information content (AvgIpc) is 2.69. The van der Waals surface area contributed by atoms with Crippen LogP contribution in [0.3, 0.4) is 0 Å². The number of rotatable bonds is 1. The zero-order chi connectivity index (χ0) is 13.6. The number of hydrogen-bond acceptors (Lipinski definition) is 2. The molecule has 3 nitrogen and oxygen atoms in total. The number of nitrogen functional groups attached to an aromatic ring is 1. The summed E-state index contributed by atoms with van der Waals surface area (Å²) in [6.45, 7) is 2.93. The van der Waals surface area contributed by atoms with Crippen LogP contribution in [0.15, 0.2) is 18.2 Å². The van der Waals surface area contributed by atoms with Crippen LogP contribution in [0.2, 0.25) is 0 Å². The molecule has 2 N–H and O–H groups in total. The Kier molecular flexibility index (Phi) is 2.77. The Morgan fingerprint density at radius 3 is 2.95 bits per heavy atom. The fourth-order valence-corrected chi connectivity index (χ4v) is 2.56. The molecule has 0 spiro atoms. The van der Waals surface area contributed by atoms with Crippen molar-refractivity contribution in [2.24, 2.45) is 5.92 Å². The number of anilines is 1. The molecule has 3 rings (SSSR count). The van der Waals surface area contributed by atoms with E-state index in [1.807, 2.05) is 4.57 Å². The van der Waals surface area contributed by atoms with Crippen LogP contribution in [-0.2, 0) is 13.0 Å². The molecule has 1 atom stereocenters. The van der Waals surface area contributed by atoms with Gasteiger partial charge >= 0.3 is 0 Å². The van der Waals surface area contributed by atoms with E-state index < -0.39 is 11.6 Å². The van der Waals surface area contributed by atoms with E-state index in [1.165, 1.54) is 0 Å². The molecule has 0 fully saturated rings. The van der Waals surface area contributed by atoms with E-state index in [9.17, 15) is 8.78 Å². The minimum absolute atomic E-state index is 0.132. The first-order valence-corrected chi connectivity index (χ1v) is 6.36. The van der Waals surface area contributed by atoms with Crippen molar-refractivity contribution in [2.75, 3.05) is 5.73 Å². The van der Waals surface area contributed by atoms with E-state index in [0.717, 1.165) is 43.4 Å². The van der Waals surface area contributed by atoms with Crippen LogP contribution in [0, 0.1) is 17.6 Å². The topological polar surface area (TPSA) is 43.8 Å². The summed E-state index contributed by atoms with van der Waals surface area (Å²) < 4.78 is 29.0. The SMILES string of the molecule is CC1CCn2c(nc(-c3cc(F)ccc3F)c2N)C1. The van der Waals surface area contributed by atoms with E-state index >= 15 is 0 Å². The van der Waals surface area contributed by atoms with Gasteiger partial charge in [-0.15, -0.1) is 0 Å². The Bertz CT molecular complexity index is 634. The quantitative estimate of drug-likeness (QED) is 0.859. The van der Waals surface area contributed by atoms with E-state index in [1.54, 1.807) is 0 Å². The van der Waals surface area contributed by atoms with Crippen molar-refractivity contribution in [1.82, 2.24) is 9.55 Å². The van der Waals surface area contributed by atoms with E-state index in [0.29, 0.717) is 17.4 Å². The van der Waals surface area contributed by atoms with Crippen molar-refractivity contribution in [3.8, 4) is 11.3 Å². The molecule has 0 bridgehead atoms. The van der Waals surface area contributed by atoms with Crippen LogP contribution < -0.4 is 5.73 Å². The zero-order valence-electron chi connectivity index (χ0n) is 10.7. The fourth-order valence-electron chi connectivity index (χ4n) is 2.56.